The van der Waals surface area contributed by atoms with Gasteiger partial charge in [-0.15, -0.1) is 0 Å². The summed E-state index contributed by atoms with van der Waals surface area (Å²) in [6.07, 6.45) is 2.11. The van der Waals surface area contributed by atoms with Crippen molar-refractivity contribution in [2.24, 2.45) is 12.5 Å². The van der Waals surface area contributed by atoms with Gasteiger partial charge >= 0.3 is 11.7 Å². The van der Waals surface area contributed by atoms with Gasteiger partial charge in [-0.25, -0.2) is 36.3 Å². The van der Waals surface area contributed by atoms with E-state index in [1.54, 1.807) is 20.8 Å². The van der Waals surface area contributed by atoms with Gasteiger partial charge < -0.3 is 20.3 Å². The third-order valence-corrected chi connectivity index (χ3v) is 8.27. The summed E-state index contributed by atoms with van der Waals surface area (Å²) >= 11 is 0. The van der Waals surface area contributed by atoms with Gasteiger partial charge in [0.1, 0.15) is 23.5 Å². The number of carboxylic acid groups (broad SMARTS) is 1. The highest BCUT2D eigenvalue weighted by atomic mass is 32.2. The van der Waals surface area contributed by atoms with Crippen LogP contribution in [0.2, 0.25) is 0 Å². The van der Waals surface area contributed by atoms with Crippen LogP contribution in [0.5, 0.6) is 0 Å². The Morgan fingerprint density at radius 1 is 0.979 bits per heavy atom. The summed E-state index contributed by atoms with van der Waals surface area (Å²) < 4.78 is 59.5. The first kappa shape index (κ1) is 35.1. The lowest BCUT2D eigenvalue weighted by Crippen LogP contribution is -2.42. The summed E-state index contributed by atoms with van der Waals surface area (Å²) in [7, 11) is -3.01. The Bertz CT molecular complexity index is 2120. The molecule has 0 unspecified atom stereocenters. The average molecular weight is 685 g/mol. The number of hydrogen-bond acceptors (Lipinski definition) is 8. The van der Waals surface area contributed by atoms with Crippen LogP contribution in [0.4, 0.5) is 20.2 Å². The topological polar surface area (TPSA) is 199 Å². The molecule has 0 radical (unpaired) electrons. The quantitative estimate of drug-likeness (QED) is 0.194. The number of benzene rings is 2. The SMILES string of the molecule is Cn1ccc(=O)n(-c2ccc(C[C@H](NC(=O)c3cc(F)c(NS(=O)(=O)c4ccc(NC(=O)C(C)(C)C)cc4)cc3F)C(=O)O)cn2)c1=O. The van der Waals surface area contributed by atoms with Gasteiger partial charge in [0.25, 0.3) is 21.5 Å². The van der Waals surface area contributed by atoms with E-state index in [0.29, 0.717) is 17.8 Å². The number of halogens is 2. The molecule has 14 nitrogen and oxygen atoms in total. The molecule has 0 fully saturated rings. The van der Waals surface area contributed by atoms with E-state index in [1.165, 1.54) is 43.7 Å². The second kappa shape index (κ2) is 13.6. The van der Waals surface area contributed by atoms with Crippen LogP contribution in [0.25, 0.3) is 5.82 Å². The largest absolute Gasteiger partial charge is 0.480 e. The minimum Gasteiger partial charge on any atom is -0.480 e. The van der Waals surface area contributed by atoms with Crippen LogP contribution in [0, 0.1) is 17.0 Å². The first-order valence-electron chi connectivity index (χ1n) is 14.1. The van der Waals surface area contributed by atoms with Crippen molar-refractivity contribution in [3.63, 3.8) is 0 Å². The number of carbonyl (C=O) groups excluding carboxylic acids is 2. The number of aliphatic carboxylic acids is 1. The fraction of sp³-hybridized carbons (Fsp3) is 0.226. The number of aromatic nitrogens is 3. The van der Waals surface area contributed by atoms with Gasteiger partial charge in [0.2, 0.25) is 5.91 Å². The zero-order valence-electron chi connectivity index (χ0n) is 25.9. The van der Waals surface area contributed by atoms with Gasteiger partial charge in [-0.3, -0.25) is 19.1 Å². The Morgan fingerprint density at radius 2 is 1.65 bits per heavy atom. The Kier molecular flexibility index (Phi) is 9.93. The fourth-order valence-electron chi connectivity index (χ4n) is 4.16. The highest BCUT2D eigenvalue weighted by Crippen LogP contribution is 2.25. The molecule has 4 rings (SSSR count). The van der Waals surface area contributed by atoms with Crippen molar-refractivity contribution in [1.29, 1.82) is 0 Å². The molecule has 0 aliphatic heterocycles. The molecule has 1 atom stereocenters. The number of sulfonamides is 1. The second-order valence-corrected chi connectivity index (χ2v) is 13.3. The number of carboxylic acids is 1. The number of rotatable bonds is 10. The Hall–Kier alpha value is -5.71. The number of anilines is 2. The molecule has 0 aliphatic rings. The number of hydrogen-bond donors (Lipinski definition) is 4. The summed E-state index contributed by atoms with van der Waals surface area (Å²) in [5.41, 5.74) is -3.15. The number of nitrogens with one attached hydrogen (secondary N) is 3. The smallest absolute Gasteiger partial charge is 0.336 e. The maximum absolute atomic E-state index is 15.0. The van der Waals surface area contributed by atoms with E-state index >= 15 is 0 Å². The van der Waals surface area contributed by atoms with E-state index < -0.39 is 67.5 Å². The molecule has 4 aromatic rings. The van der Waals surface area contributed by atoms with Crippen LogP contribution in [-0.2, 0) is 33.1 Å². The Morgan fingerprint density at radius 3 is 2.23 bits per heavy atom. The lowest BCUT2D eigenvalue weighted by Gasteiger charge is -2.18. The van der Waals surface area contributed by atoms with Gasteiger partial charge in [0.15, 0.2) is 0 Å². The number of amides is 2. The zero-order chi connectivity index (χ0) is 35.6. The molecule has 252 valence electrons. The van der Waals surface area contributed by atoms with E-state index in [9.17, 15) is 46.3 Å². The molecule has 2 aromatic carbocycles. The Balaban J connectivity index is 1.47. The average Bonchev–Trinajstić information content (AvgIpc) is 3.01. The summed E-state index contributed by atoms with van der Waals surface area (Å²) in [4.78, 5) is 65.1. The summed E-state index contributed by atoms with van der Waals surface area (Å²) in [6, 6.07) is 7.98. The minimum atomic E-state index is -4.44. The number of pyridine rings is 1. The molecule has 0 aliphatic carbocycles. The first-order chi connectivity index (χ1) is 22.4. The maximum atomic E-state index is 15.0. The molecule has 48 heavy (non-hydrogen) atoms. The maximum Gasteiger partial charge on any atom is 0.336 e. The standard InChI is InChI=1S/C31H30F2N6O8S/c1-31(2,3)29(44)35-18-6-8-19(9-7-18)48(46,47)37-23-15-21(32)20(14-22(23)33)27(41)36-24(28(42)43)13-17-5-10-25(34-16-17)39-26(40)11-12-38(4)30(39)45/h5-12,14-16,24,37H,13H2,1-4H3,(H,35,44)(H,36,41)(H,42,43)/t24-/m0/s1. The van der Waals surface area contributed by atoms with Crippen LogP contribution >= 0.6 is 0 Å². The molecule has 0 saturated carbocycles. The van der Waals surface area contributed by atoms with Gasteiger partial charge in [-0.05, 0) is 42.0 Å². The van der Waals surface area contributed by atoms with E-state index in [1.807, 2.05) is 4.72 Å². The van der Waals surface area contributed by atoms with Crippen molar-refractivity contribution in [3.8, 4) is 5.82 Å². The number of carbonyl (C=O) groups is 3. The minimum absolute atomic E-state index is 0.0317. The van der Waals surface area contributed by atoms with Crippen molar-refractivity contribution in [1.82, 2.24) is 19.4 Å². The van der Waals surface area contributed by atoms with Crippen LogP contribution in [0.15, 0.2) is 81.5 Å². The van der Waals surface area contributed by atoms with Gasteiger partial charge in [-0.1, -0.05) is 26.8 Å². The lowest BCUT2D eigenvalue weighted by atomic mass is 9.95. The van der Waals surface area contributed by atoms with Crippen molar-refractivity contribution < 1.29 is 36.7 Å². The van der Waals surface area contributed by atoms with Crippen LogP contribution < -0.4 is 26.6 Å². The fourth-order valence-corrected chi connectivity index (χ4v) is 5.22. The van der Waals surface area contributed by atoms with Crippen molar-refractivity contribution in [2.75, 3.05) is 10.0 Å². The highest BCUT2D eigenvalue weighted by molar-refractivity contribution is 7.92. The molecule has 0 spiro atoms. The summed E-state index contributed by atoms with van der Waals surface area (Å²) in [6.45, 7) is 5.08. The third kappa shape index (κ3) is 7.98. The molecule has 2 amide bonds. The van der Waals surface area contributed by atoms with Gasteiger partial charge in [0.05, 0.1) is 16.1 Å². The highest BCUT2D eigenvalue weighted by Gasteiger charge is 2.26. The number of aryl methyl sites for hydroxylation is 1. The van der Waals surface area contributed by atoms with Crippen LogP contribution in [0.3, 0.4) is 0 Å². The van der Waals surface area contributed by atoms with Crippen LogP contribution in [0.1, 0.15) is 36.7 Å². The number of nitrogens with zero attached hydrogens (tertiary/aromatic N) is 3. The molecular formula is C31H30F2N6O8S. The second-order valence-electron chi connectivity index (χ2n) is 11.6. The Labute approximate surface area is 272 Å². The molecule has 17 heteroatoms. The molecular weight excluding hydrogens is 654 g/mol. The zero-order valence-corrected chi connectivity index (χ0v) is 26.8. The van der Waals surface area contributed by atoms with E-state index in [4.69, 9.17) is 0 Å². The summed E-state index contributed by atoms with van der Waals surface area (Å²) in [5.74, 6) is -5.84. The molecule has 2 aromatic heterocycles. The third-order valence-electron chi connectivity index (χ3n) is 6.88. The van der Waals surface area contributed by atoms with Gasteiger partial charge in [0, 0.05) is 49.1 Å². The predicted molar refractivity (Wildman–Crippen MR) is 169 cm³/mol. The predicted octanol–water partition coefficient (Wildman–Crippen LogP) is 2.42. The van der Waals surface area contributed by atoms with Crippen molar-refractivity contribution >= 4 is 39.2 Å². The lowest BCUT2D eigenvalue weighted by molar-refractivity contribution is -0.139. The molecule has 2 heterocycles. The molecule has 0 saturated heterocycles. The van der Waals surface area contributed by atoms with Gasteiger partial charge in [-0.2, -0.15) is 0 Å². The monoisotopic (exact) mass is 684 g/mol. The van der Waals surface area contributed by atoms with Crippen LogP contribution in [-0.4, -0.2) is 51.5 Å². The van der Waals surface area contributed by atoms with E-state index in [2.05, 4.69) is 15.6 Å². The van der Waals surface area contributed by atoms with Crippen molar-refractivity contribution in [2.45, 2.75) is 38.1 Å². The molecule has 4 N–H and O–H groups in total. The van der Waals surface area contributed by atoms with E-state index in [0.717, 1.165) is 27.3 Å². The summed E-state index contributed by atoms with van der Waals surface area (Å²) in [5, 5.41) is 14.4. The normalized spacial score (nSPS) is 12.2. The molecule has 0 bridgehead atoms. The van der Waals surface area contributed by atoms with Crippen molar-refractivity contribution in [3.05, 3.63) is 111 Å². The van der Waals surface area contributed by atoms with E-state index in [-0.39, 0.29) is 28.6 Å². The first-order valence-corrected chi connectivity index (χ1v) is 15.6.